The summed E-state index contributed by atoms with van der Waals surface area (Å²) in [7, 11) is 0. The van der Waals surface area contributed by atoms with E-state index < -0.39 is 0 Å². The summed E-state index contributed by atoms with van der Waals surface area (Å²) in [6.07, 6.45) is 7.34. The molecule has 0 bridgehead atoms. The highest BCUT2D eigenvalue weighted by Gasteiger charge is 2.12. The van der Waals surface area contributed by atoms with Crippen molar-refractivity contribution in [3.8, 4) is 11.5 Å². The Hall–Kier alpha value is -3.60. The number of ether oxygens (including phenoxy) is 2. The van der Waals surface area contributed by atoms with Crippen molar-refractivity contribution in [2.45, 2.75) is 58.7 Å². The van der Waals surface area contributed by atoms with Gasteiger partial charge in [-0.15, -0.1) is 0 Å². The van der Waals surface area contributed by atoms with Crippen LogP contribution in [0.1, 0.15) is 62.1 Å². The second-order valence-corrected chi connectivity index (χ2v) is 8.34. The molecule has 3 rings (SSSR count). The van der Waals surface area contributed by atoms with Crippen LogP contribution in [0.15, 0.2) is 84.6 Å². The quantitative estimate of drug-likeness (QED) is 0.140. The normalized spacial score (nSPS) is 11.3. The Morgan fingerprint density at radius 1 is 0.794 bits per heavy atom. The molecule has 0 saturated heterocycles. The first kappa shape index (κ1) is 25.0. The van der Waals surface area contributed by atoms with E-state index >= 15 is 0 Å². The number of nitrogens with zero attached hydrogens (tertiary/aromatic N) is 1. The van der Waals surface area contributed by atoms with Gasteiger partial charge in [-0.2, -0.15) is 0 Å². The van der Waals surface area contributed by atoms with E-state index in [-0.39, 0.29) is 10.6 Å². The summed E-state index contributed by atoms with van der Waals surface area (Å²) < 4.78 is 12.0. The van der Waals surface area contributed by atoms with Gasteiger partial charge in [0.1, 0.15) is 24.7 Å². The van der Waals surface area contributed by atoms with Crippen molar-refractivity contribution in [3.63, 3.8) is 0 Å². The summed E-state index contributed by atoms with van der Waals surface area (Å²) in [6.45, 7) is 2.98. The standard InChI is InChI=1S/C29H33NO4/c1-2-3-4-5-12-17-27(30(31)32)18-26-19-28(33-22-24-13-8-6-9-14-24)21-29(20-26)34-23-25-15-10-7-11-16-25/h6-11,13-16,18-21H,2-5,12,17,22-23H2,1H3/b27-18-. The van der Waals surface area contributed by atoms with Crippen LogP contribution in [0.4, 0.5) is 0 Å². The highest BCUT2D eigenvalue weighted by atomic mass is 16.6. The summed E-state index contributed by atoms with van der Waals surface area (Å²) in [5, 5.41) is 11.7. The molecule has 3 aromatic carbocycles. The lowest BCUT2D eigenvalue weighted by Crippen LogP contribution is -2.01. The SMILES string of the molecule is CCCCCCC/C(=C/c1cc(OCc2ccccc2)cc(OCc2ccccc2)c1)[N+](=O)[O-]. The predicted molar refractivity (Wildman–Crippen MR) is 136 cm³/mol. The lowest BCUT2D eigenvalue weighted by molar-refractivity contribution is -0.426. The Kier molecular flexibility index (Phi) is 10.2. The van der Waals surface area contributed by atoms with Crippen LogP contribution in [-0.2, 0) is 13.2 Å². The van der Waals surface area contributed by atoms with Crippen molar-refractivity contribution < 1.29 is 14.4 Å². The van der Waals surface area contributed by atoms with E-state index in [9.17, 15) is 10.1 Å². The molecule has 0 unspecified atom stereocenters. The van der Waals surface area contributed by atoms with E-state index in [1.54, 1.807) is 6.08 Å². The molecule has 0 aliphatic rings. The fourth-order valence-electron chi connectivity index (χ4n) is 3.64. The van der Waals surface area contributed by atoms with Gasteiger partial charge in [-0.05, 0) is 35.2 Å². The van der Waals surface area contributed by atoms with E-state index in [2.05, 4.69) is 6.92 Å². The van der Waals surface area contributed by atoms with Crippen molar-refractivity contribution in [2.75, 3.05) is 0 Å². The zero-order chi connectivity index (χ0) is 24.0. The third kappa shape index (κ3) is 8.74. The van der Waals surface area contributed by atoms with Crippen LogP contribution in [0.5, 0.6) is 11.5 Å². The summed E-state index contributed by atoms with van der Waals surface area (Å²) in [5.41, 5.74) is 3.01. The summed E-state index contributed by atoms with van der Waals surface area (Å²) >= 11 is 0. The fourth-order valence-corrected chi connectivity index (χ4v) is 3.64. The van der Waals surface area contributed by atoms with Crippen molar-refractivity contribution in [3.05, 3.63) is 111 Å². The van der Waals surface area contributed by atoms with Gasteiger partial charge >= 0.3 is 0 Å². The fraction of sp³-hybridized carbons (Fsp3) is 0.310. The average Bonchev–Trinajstić information content (AvgIpc) is 2.86. The van der Waals surface area contributed by atoms with E-state index in [0.29, 0.717) is 36.7 Å². The number of hydrogen-bond donors (Lipinski definition) is 0. The maximum Gasteiger partial charge on any atom is 0.246 e. The van der Waals surface area contributed by atoms with Crippen LogP contribution in [-0.4, -0.2) is 4.92 Å². The van der Waals surface area contributed by atoms with Gasteiger partial charge < -0.3 is 9.47 Å². The average molecular weight is 460 g/mol. The molecule has 0 atom stereocenters. The minimum atomic E-state index is -0.276. The number of nitro groups is 1. The second-order valence-electron chi connectivity index (χ2n) is 8.34. The summed E-state index contributed by atoms with van der Waals surface area (Å²) in [5.74, 6) is 1.23. The molecule has 0 N–H and O–H groups in total. The summed E-state index contributed by atoms with van der Waals surface area (Å²) in [4.78, 5) is 11.4. The van der Waals surface area contributed by atoms with Gasteiger partial charge in [0, 0.05) is 18.6 Å². The third-order valence-corrected chi connectivity index (χ3v) is 5.50. The zero-order valence-corrected chi connectivity index (χ0v) is 19.8. The first-order valence-corrected chi connectivity index (χ1v) is 12.0. The largest absolute Gasteiger partial charge is 0.489 e. The molecule has 0 spiro atoms. The lowest BCUT2D eigenvalue weighted by atomic mass is 10.1. The number of unbranched alkanes of at least 4 members (excludes halogenated alkanes) is 4. The molecule has 0 aliphatic heterocycles. The molecule has 0 aliphatic carbocycles. The van der Waals surface area contributed by atoms with Gasteiger partial charge in [0.15, 0.2) is 0 Å². The predicted octanol–water partition coefficient (Wildman–Crippen LogP) is 7.82. The van der Waals surface area contributed by atoms with Crippen molar-refractivity contribution >= 4 is 6.08 Å². The van der Waals surface area contributed by atoms with E-state index in [0.717, 1.165) is 36.8 Å². The topological polar surface area (TPSA) is 61.6 Å². The molecule has 0 saturated carbocycles. The van der Waals surface area contributed by atoms with Crippen LogP contribution in [0.3, 0.4) is 0 Å². The smallest absolute Gasteiger partial charge is 0.246 e. The minimum absolute atomic E-state index is 0.214. The van der Waals surface area contributed by atoms with Crippen LogP contribution < -0.4 is 9.47 Å². The maximum absolute atomic E-state index is 11.7. The molecule has 0 aromatic heterocycles. The number of rotatable bonds is 14. The molecule has 5 heteroatoms. The monoisotopic (exact) mass is 459 g/mol. The molecule has 3 aromatic rings. The Morgan fingerprint density at radius 2 is 1.32 bits per heavy atom. The van der Waals surface area contributed by atoms with E-state index in [4.69, 9.17) is 9.47 Å². The first-order chi connectivity index (χ1) is 16.6. The molecule has 0 heterocycles. The van der Waals surface area contributed by atoms with Gasteiger partial charge in [-0.25, -0.2) is 0 Å². The van der Waals surface area contributed by atoms with E-state index in [1.807, 2.05) is 78.9 Å². The van der Waals surface area contributed by atoms with Crippen molar-refractivity contribution in [1.82, 2.24) is 0 Å². The van der Waals surface area contributed by atoms with E-state index in [1.165, 1.54) is 6.42 Å². The maximum atomic E-state index is 11.7. The number of allylic oxidation sites excluding steroid dienone is 1. The number of benzene rings is 3. The van der Waals surface area contributed by atoms with Gasteiger partial charge in [0.05, 0.1) is 4.92 Å². The molecule has 178 valence electrons. The van der Waals surface area contributed by atoms with Gasteiger partial charge in [0.25, 0.3) is 0 Å². The first-order valence-electron chi connectivity index (χ1n) is 12.0. The molecular weight excluding hydrogens is 426 g/mol. The molecule has 0 radical (unpaired) electrons. The van der Waals surface area contributed by atoms with Gasteiger partial charge in [-0.3, -0.25) is 10.1 Å². The van der Waals surface area contributed by atoms with Crippen LogP contribution >= 0.6 is 0 Å². The zero-order valence-electron chi connectivity index (χ0n) is 19.8. The Balaban J connectivity index is 1.77. The molecule has 0 fully saturated rings. The third-order valence-electron chi connectivity index (χ3n) is 5.50. The van der Waals surface area contributed by atoms with Crippen LogP contribution in [0.2, 0.25) is 0 Å². The lowest BCUT2D eigenvalue weighted by Gasteiger charge is -2.12. The number of hydrogen-bond acceptors (Lipinski definition) is 4. The van der Waals surface area contributed by atoms with Gasteiger partial charge in [-0.1, -0.05) is 93.3 Å². The highest BCUT2D eigenvalue weighted by molar-refractivity contribution is 5.56. The Morgan fingerprint density at radius 3 is 1.82 bits per heavy atom. The molecule has 0 amide bonds. The Bertz CT molecular complexity index is 986. The highest BCUT2D eigenvalue weighted by Crippen LogP contribution is 2.27. The van der Waals surface area contributed by atoms with Crippen molar-refractivity contribution in [1.29, 1.82) is 0 Å². The molecule has 5 nitrogen and oxygen atoms in total. The Labute approximate surface area is 202 Å². The second kappa shape index (κ2) is 13.8. The van der Waals surface area contributed by atoms with Crippen LogP contribution in [0, 0.1) is 10.1 Å². The molecular formula is C29H33NO4. The summed E-state index contributed by atoms with van der Waals surface area (Å²) in [6, 6.07) is 25.3. The van der Waals surface area contributed by atoms with Crippen LogP contribution in [0.25, 0.3) is 6.08 Å². The molecule has 34 heavy (non-hydrogen) atoms. The van der Waals surface area contributed by atoms with Crippen molar-refractivity contribution in [2.24, 2.45) is 0 Å². The minimum Gasteiger partial charge on any atom is -0.489 e. The van der Waals surface area contributed by atoms with Gasteiger partial charge in [0.2, 0.25) is 5.70 Å².